The van der Waals surface area contributed by atoms with Crippen LogP contribution in [0.3, 0.4) is 0 Å². The van der Waals surface area contributed by atoms with E-state index in [4.69, 9.17) is 0 Å². The summed E-state index contributed by atoms with van der Waals surface area (Å²) in [6, 6.07) is 6.25. The van der Waals surface area contributed by atoms with E-state index in [0.29, 0.717) is 6.54 Å². The lowest BCUT2D eigenvalue weighted by atomic mass is 9.90. The Morgan fingerprint density at radius 2 is 1.83 bits per heavy atom. The van der Waals surface area contributed by atoms with Gasteiger partial charge in [0, 0.05) is 24.7 Å². The molecular weight excluding hydrogens is 300 g/mol. The van der Waals surface area contributed by atoms with Gasteiger partial charge in [-0.1, -0.05) is 12.1 Å². The van der Waals surface area contributed by atoms with Gasteiger partial charge in [0.15, 0.2) is 0 Å². The van der Waals surface area contributed by atoms with Crippen LogP contribution in [0.25, 0.3) is 0 Å². The van der Waals surface area contributed by atoms with Crippen molar-refractivity contribution >= 4 is 17.5 Å². The second kappa shape index (κ2) is 6.58. The Labute approximate surface area is 143 Å². The standard InChI is InChI=1S/C20H26N2O2/c23-19(16-7-4-12-22(13-16)20(24)15-10-11-15)21-18-9-3-6-14-5-1-2-8-17(14)18/h3,6,9,15-16H,1-2,4-5,7-8,10-13H2,(H,21,23)/t16-/m0/s1. The van der Waals surface area contributed by atoms with E-state index >= 15 is 0 Å². The lowest BCUT2D eigenvalue weighted by molar-refractivity contribution is -0.135. The predicted octanol–water partition coefficient (Wildman–Crippen LogP) is 3.15. The Hall–Kier alpha value is -1.84. The van der Waals surface area contributed by atoms with Crippen LogP contribution in [0.1, 0.15) is 49.7 Å². The van der Waals surface area contributed by atoms with Crippen molar-refractivity contribution in [2.45, 2.75) is 51.4 Å². The SMILES string of the molecule is O=C(Nc1cccc2c1CCCC2)[C@H]1CCCN(C(=O)C2CC2)C1. The number of nitrogens with one attached hydrogen (secondary N) is 1. The summed E-state index contributed by atoms with van der Waals surface area (Å²) in [5, 5.41) is 3.17. The highest BCUT2D eigenvalue weighted by Crippen LogP contribution is 2.33. The van der Waals surface area contributed by atoms with Crippen LogP contribution in [0.2, 0.25) is 0 Å². The molecule has 0 bridgehead atoms. The number of carbonyl (C=O) groups excluding carboxylic acids is 2. The van der Waals surface area contributed by atoms with Crippen molar-refractivity contribution in [1.82, 2.24) is 4.90 Å². The Balaban J connectivity index is 1.43. The molecule has 0 spiro atoms. The molecule has 3 aliphatic rings. The van der Waals surface area contributed by atoms with Crippen molar-refractivity contribution < 1.29 is 9.59 Å². The minimum atomic E-state index is -0.0686. The molecule has 4 heteroatoms. The first-order valence-corrected chi connectivity index (χ1v) is 9.43. The number of aryl methyl sites for hydroxylation is 1. The summed E-state index contributed by atoms with van der Waals surface area (Å²) < 4.78 is 0. The molecule has 1 saturated heterocycles. The van der Waals surface area contributed by atoms with Crippen molar-refractivity contribution in [3.05, 3.63) is 29.3 Å². The zero-order chi connectivity index (χ0) is 16.5. The Kier molecular flexibility index (Phi) is 4.30. The molecule has 1 atom stereocenters. The van der Waals surface area contributed by atoms with E-state index in [-0.39, 0.29) is 23.7 Å². The number of hydrogen-bond donors (Lipinski definition) is 1. The molecule has 128 valence electrons. The van der Waals surface area contributed by atoms with E-state index in [9.17, 15) is 9.59 Å². The first-order chi connectivity index (χ1) is 11.7. The molecule has 0 aromatic heterocycles. The Morgan fingerprint density at radius 3 is 2.67 bits per heavy atom. The summed E-state index contributed by atoms with van der Waals surface area (Å²) in [7, 11) is 0. The summed E-state index contributed by atoms with van der Waals surface area (Å²) in [6.07, 6.45) is 8.50. The molecule has 24 heavy (non-hydrogen) atoms. The number of anilines is 1. The fourth-order valence-electron chi connectivity index (χ4n) is 4.11. The van der Waals surface area contributed by atoms with E-state index in [1.807, 2.05) is 17.0 Å². The molecule has 2 fully saturated rings. The quantitative estimate of drug-likeness (QED) is 0.927. The third kappa shape index (κ3) is 3.19. The smallest absolute Gasteiger partial charge is 0.229 e. The number of hydrogen-bond acceptors (Lipinski definition) is 2. The molecule has 0 radical (unpaired) electrons. The number of nitrogens with zero attached hydrogens (tertiary/aromatic N) is 1. The van der Waals surface area contributed by atoms with Gasteiger partial charge in [-0.15, -0.1) is 0 Å². The summed E-state index contributed by atoms with van der Waals surface area (Å²) in [6.45, 7) is 1.41. The number of benzene rings is 1. The monoisotopic (exact) mass is 326 g/mol. The van der Waals surface area contributed by atoms with Crippen LogP contribution in [-0.4, -0.2) is 29.8 Å². The summed E-state index contributed by atoms with van der Waals surface area (Å²) in [5.41, 5.74) is 3.69. The van der Waals surface area contributed by atoms with Gasteiger partial charge in [0.1, 0.15) is 0 Å². The number of fused-ring (bicyclic) bond motifs is 1. The van der Waals surface area contributed by atoms with Crippen LogP contribution in [-0.2, 0) is 22.4 Å². The average molecular weight is 326 g/mol. The van der Waals surface area contributed by atoms with E-state index < -0.39 is 0 Å². The maximum absolute atomic E-state index is 12.8. The second-order valence-electron chi connectivity index (χ2n) is 7.54. The highest BCUT2D eigenvalue weighted by atomic mass is 16.2. The summed E-state index contributed by atoms with van der Waals surface area (Å²) in [4.78, 5) is 27.0. The average Bonchev–Trinajstić information content (AvgIpc) is 3.47. The van der Waals surface area contributed by atoms with Crippen LogP contribution < -0.4 is 5.32 Å². The van der Waals surface area contributed by atoms with Crippen LogP contribution in [0.4, 0.5) is 5.69 Å². The highest BCUT2D eigenvalue weighted by Gasteiger charge is 2.36. The van der Waals surface area contributed by atoms with Gasteiger partial charge in [-0.05, 0) is 68.6 Å². The number of piperidine rings is 1. The second-order valence-corrected chi connectivity index (χ2v) is 7.54. The summed E-state index contributed by atoms with van der Waals surface area (Å²) >= 11 is 0. The van der Waals surface area contributed by atoms with Gasteiger partial charge in [0.05, 0.1) is 5.92 Å². The molecule has 4 nitrogen and oxygen atoms in total. The molecule has 1 saturated carbocycles. The highest BCUT2D eigenvalue weighted by molar-refractivity contribution is 5.94. The van der Waals surface area contributed by atoms with Crippen LogP contribution in [0, 0.1) is 11.8 Å². The maximum Gasteiger partial charge on any atom is 0.229 e. The van der Waals surface area contributed by atoms with E-state index in [1.165, 1.54) is 24.0 Å². The van der Waals surface area contributed by atoms with Gasteiger partial charge in [-0.25, -0.2) is 0 Å². The number of likely N-dealkylation sites (tertiary alicyclic amines) is 1. The van der Waals surface area contributed by atoms with Gasteiger partial charge in [0.25, 0.3) is 0 Å². The zero-order valence-corrected chi connectivity index (χ0v) is 14.2. The van der Waals surface area contributed by atoms with Gasteiger partial charge < -0.3 is 10.2 Å². The lowest BCUT2D eigenvalue weighted by Crippen LogP contribution is -2.44. The van der Waals surface area contributed by atoms with Crippen molar-refractivity contribution in [3.63, 3.8) is 0 Å². The van der Waals surface area contributed by atoms with E-state index in [1.54, 1.807) is 0 Å². The molecule has 1 heterocycles. The normalized spacial score (nSPS) is 23.5. The number of rotatable bonds is 3. The van der Waals surface area contributed by atoms with Crippen molar-refractivity contribution in [2.24, 2.45) is 11.8 Å². The predicted molar refractivity (Wildman–Crippen MR) is 93.7 cm³/mol. The molecule has 1 aromatic carbocycles. The number of amides is 2. The fraction of sp³-hybridized carbons (Fsp3) is 0.600. The molecule has 2 amide bonds. The lowest BCUT2D eigenvalue weighted by Gasteiger charge is -2.32. The number of carbonyl (C=O) groups is 2. The molecule has 1 N–H and O–H groups in total. The molecule has 0 unspecified atom stereocenters. The van der Waals surface area contributed by atoms with Crippen LogP contribution in [0.5, 0.6) is 0 Å². The van der Waals surface area contributed by atoms with Crippen LogP contribution in [0.15, 0.2) is 18.2 Å². The first kappa shape index (κ1) is 15.7. The van der Waals surface area contributed by atoms with Crippen molar-refractivity contribution in [2.75, 3.05) is 18.4 Å². The molecule has 1 aliphatic heterocycles. The van der Waals surface area contributed by atoms with E-state index in [2.05, 4.69) is 11.4 Å². The summed E-state index contributed by atoms with van der Waals surface area (Å²) in [5.74, 6) is 0.528. The topological polar surface area (TPSA) is 49.4 Å². The van der Waals surface area contributed by atoms with Gasteiger partial charge >= 0.3 is 0 Å². The Morgan fingerprint density at radius 1 is 1.00 bits per heavy atom. The van der Waals surface area contributed by atoms with Gasteiger partial charge in [-0.2, -0.15) is 0 Å². The van der Waals surface area contributed by atoms with Crippen molar-refractivity contribution in [3.8, 4) is 0 Å². The minimum Gasteiger partial charge on any atom is -0.342 e. The Bertz CT molecular complexity index is 651. The first-order valence-electron chi connectivity index (χ1n) is 9.43. The van der Waals surface area contributed by atoms with Gasteiger partial charge in [0.2, 0.25) is 11.8 Å². The third-order valence-electron chi connectivity index (χ3n) is 5.68. The molecule has 2 aliphatic carbocycles. The molecule has 4 rings (SSSR count). The fourth-order valence-corrected chi connectivity index (χ4v) is 4.11. The largest absolute Gasteiger partial charge is 0.342 e. The van der Waals surface area contributed by atoms with Crippen molar-refractivity contribution in [1.29, 1.82) is 0 Å². The third-order valence-corrected chi connectivity index (χ3v) is 5.68. The molecular formula is C20H26N2O2. The molecule has 1 aromatic rings. The van der Waals surface area contributed by atoms with Crippen LogP contribution >= 0.6 is 0 Å². The maximum atomic E-state index is 12.8. The van der Waals surface area contributed by atoms with E-state index in [0.717, 1.165) is 50.8 Å². The zero-order valence-electron chi connectivity index (χ0n) is 14.2. The minimum absolute atomic E-state index is 0.0686. The van der Waals surface area contributed by atoms with Gasteiger partial charge in [-0.3, -0.25) is 9.59 Å².